The van der Waals surface area contributed by atoms with Crippen LogP contribution >= 0.6 is 0 Å². The molecule has 1 unspecified atom stereocenters. The zero-order valence-electron chi connectivity index (χ0n) is 12.8. The van der Waals surface area contributed by atoms with E-state index in [9.17, 15) is 14.7 Å². The van der Waals surface area contributed by atoms with Gasteiger partial charge in [-0.1, -0.05) is 20.8 Å². The lowest BCUT2D eigenvalue weighted by atomic mass is 9.84. The van der Waals surface area contributed by atoms with Crippen molar-refractivity contribution in [2.75, 3.05) is 19.0 Å². The quantitative estimate of drug-likeness (QED) is 0.783. The molecule has 0 saturated carbocycles. The molecule has 0 amide bonds. The summed E-state index contributed by atoms with van der Waals surface area (Å²) in [5.74, 6) is -1.86. The molecular weight excluding hydrogens is 272 g/mol. The van der Waals surface area contributed by atoms with Gasteiger partial charge in [-0.05, 0) is 24.0 Å². The molecular formula is C15H22N2O4. The van der Waals surface area contributed by atoms with Crippen LogP contribution in [-0.4, -0.2) is 35.7 Å². The molecule has 2 N–H and O–H groups in total. The summed E-state index contributed by atoms with van der Waals surface area (Å²) in [7, 11) is 1.29. The summed E-state index contributed by atoms with van der Waals surface area (Å²) in [5, 5.41) is 12.3. The first-order chi connectivity index (χ1) is 9.73. The van der Waals surface area contributed by atoms with Crippen molar-refractivity contribution >= 4 is 17.6 Å². The van der Waals surface area contributed by atoms with Crippen LogP contribution in [0.5, 0.6) is 0 Å². The number of anilines is 1. The highest BCUT2D eigenvalue weighted by Gasteiger charge is 2.24. The van der Waals surface area contributed by atoms with Gasteiger partial charge in [0.15, 0.2) is 0 Å². The van der Waals surface area contributed by atoms with Gasteiger partial charge >= 0.3 is 11.9 Å². The number of aliphatic carboxylic acids is 1. The number of aromatic nitrogens is 1. The monoisotopic (exact) mass is 294 g/mol. The van der Waals surface area contributed by atoms with E-state index in [1.54, 1.807) is 12.1 Å². The number of hydrogen-bond donors (Lipinski definition) is 2. The molecule has 6 heteroatoms. The summed E-state index contributed by atoms with van der Waals surface area (Å²) >= 11 is 0. The van der Waals surface area contributed by atoms with Crippen molar-refractivity contribution in [1.29, 1.82) is 0 Å². The second-order valence-corrected chi connectivity index (χ2v) is 6.10. The minimum Gasteiger partial charge on any atom is -0.481 e. The Labute approximate surface area is 124 Å². The lowest BCUT2D eigenvalue weighted by molar-refractivity contribution is -0.142. The number of methoxy groups -OCH3 is 1. The Morgan fingerprint density at radius 2 is 2.10 bits per heavy atom. The number of nitrogens with zero attached hydrogens (tertiary/aromatic N) is 1. The van der Waals surface area contributed by atoms with Crippen LogP contribution in [0.4, 0.5) is 5.69 Å². The largest absolute Gasteiger partial charge is 0.481 e. The predicted molar refractivity (Wildman–Crippen MR) is 79.3 cm³/mol. The third kappa shape index (κ3) is 5.81. The molecule has 0 radical (unpaired) electrons. The Bertz CT molecular complexity index is 509. The Kier molecular flexibility index (Phi) is 5.69. The van der Waals surface area contributed by atoms with Crippen LogP contribution in [0.1, 0.15) is 37.7 Å². The van der Waals surface area contributed by atoms with Crippen LogP contribution in [-0.2, 0) is 9.53 Å². The fraction of sp³-hybridized carbons (Fsp3) is 0.533. The van der Waals surface area contributed by atoms with E-state index in [0.717, 1.165) is 0 Å². The molecule has 1 heterocycles. The first-order valence-corrected chi connectivity index (χ1v) is 6.74. The summed E-state index contributed by atoms with van der Waals surface area (Å²) in [5.41, 5.74) is 0.760. The van der Waals surface area contributed by atoms with E-state index in [4.69, 9.17) is 0 Å². The lowest BCUT2D eigenvalue weighted by Crippen LogP contribution is -2.27. The van der Waals surface area contributed by atoms with Gasteiger partial charge in [-0.3, -0.25) is 4.79 Å². The van der Waals surface area contributed by atoms with E-state index in [1.807, 2.05) is 20.8 Å². The van der Waals surface area contributed by atoms with E-state index >= 15 is 0 Å². The standard InChI is InChI=1S/C15H22N2O4/c1-15(2,3)8-10(13(18)19)9-17-11-5-6-16-12(7-11)14(20)21-4/h5-7,10H,8-9H2,1-4H3,(H,16,17)(H,18,19). The summed E-state index contributed by atoms with van der Waals surface area (Å²) in [4.78, 5) is 26.6. The Balaban J connectivity index is 2.72. The number of rotatable bonds is 6. The molecule has 0 spiro atoms. The average Bonchev–Trinajstić information content (AvgIpc) is 2.41. The SMILES string of the molecule is COC(=O)c1cc(NCC(CC(C)(C)C)C(=O)O)ccn1. The van der Waals surface area contributed by atoms with Gasteiger partial charge in [0.1, 0.15) is 5.69 Å². The van der Waals surface area contributed by atoms with Gasteiger partial charge < -0.3 is 15.2 Å². The molecule has 0 fully saturated rings. The van der Waals surface area contributed by atoms with Crippen molar-refractivity contribution in [2.24, 2.45) is 11.3 Å². The third-order valence-corrected chi connectivity index (χ3v) is 2.92. The van der Waals surface area contributed by atoms with Crippen LogP contribution in [0, 0.1) is 11.3 Å². The Morgan fingerprint density at radius 3 is 2.62 bits per heavy atom. The number of carboxylic acid groups (broad SMARTS) is 1. The van der Waals surface area contributed by atoms with Gasteiger partial charge in [-0.25, -0.2) is 9.78 Å². The van der Waals surface area contributed by atoms with Gasteiger partial charge in [0.25, 0.3) is 0 Å². The normalized spacial score (nSPS) is 12.6. The Morgan fingerprint density at radius 1 is 1.43 bits per heavy atom. The summed E-state index contributed by atoms with van der Waals surface area (Å²) in [6.45, 7) is 6.30. The van der Waals surface area contributed by atoms with Crippen LogP contribution in [0.3, 0.4) is 0 Å². The van der Waals surface area contributed by atoms with E-state index in [2.05, 4.69) is 15.0 Å². The number of carbonyl (C=O) groups is 2. The zero-order chi connectivity index (χ0) is 16.0. The van der Waals surface area contributed by atoms with E-state index in [1.165, 1.54) is 13.3 Å². The second-order valence-electron chi connectivity index (χ2n) is 6.10. The van der Waals surface area contributed by atoms with Gasteiger partial charge in [-0.15, -0.1) is 0 Å². The van der Waals surface area contributed by atoms with Crippen molar-refractivity contribution < 1.29 is 19.4 Å². The van der Waals surface area contributed by atoms with Crippen molar-refractivity contribution in [1.82, 2.24) is 4.98 Å². The molecule has 6 nitrogen and oxygen atoms in total. The molecule has 0 aromatic carbocycles. The molecule has 1 aromatic rings. The molecule has 1 atom stereocenters. The highest BCUT2D eigenvalue weighted by atomic mass is 16.5. The first kappa shape index (κ1) is 16.9. The molecule has 0 saturated heterocycles. The number of ether oxygens (including phenoxy) is 1. The Hall–Kier alpha value is -2.11. The highest BCUT2D eigenvalue weighted by molar-refractivity contribution is 5.88. The van der Waals surface area contributed by atoms with Crippen LogP contribution in [0.25, 0.3) is 0 Å². The van der Waals surface area contributed by atoms with Crippen molar-refractivity contribution in [3.63, 3.8) is 0 Å². The fourth-order valence-corrected chi connectivity index (χ4v) is 1.98. The zero-order valence-corrected chi connectivity index (χ0v) is 12.8. The second kappa shape index (κ2) is 7.06. The molecule has 1 rings (SSSR count). The van der Waals surface area contributed by atoms with Crippen molar-refractivity contribution in [2.45, 2.75) is 27.2 Å². The minimum absolute atomic E-state index is 0.0693. The van der Waals surface area contributed by atoms with Crippen LogP contribution < -0.4 is 5.32 Å². The van der Waals surface area contributed by atoms with Crippen molar-refractivity contribution in [3.05, 3.63) is 24.0 Å². The molecule has 21 heavy (non-hydrogen) atoms. The van der Waals surface area contributed by atoms with E-state index in [-0.39, 0.29) is 17.7 Å². The third-order valence-electron chi connectivity index (χ3n) is 2.92. The van der Waals surface area contributed by atoms with Gasteiger partial charge in [-0.2, -0.15) is 0 Å². The van der Waals surface area contributed by atoms with Gasteiger partial charge in [0.2, 0.25) is 0 Å². The van der Waals surface area contributed by atoms with E-state index < -0.39 is 17.9 Å². The molecule has 0 aliphatic rings. The maximum atomic E-state index is 11.4. The molecule has 0 aliphatic heterocycles. The number of esters is 1. The van der Waals surface area contributed by atoms with Crippen LogP contribution in [0.15, 0.2) is 18.3 Å². The lowest BCUT2D eigenvalue weighted by Gasteiger charge is -2.23. The van der Waals surface area contributed by atoms with E-state index in [0.29, 0.717) is 12.1 Å². The number of carbonyl (C=O) groups excluding carboxylic acids is 1. The first-order valence-electron chi connectivity index (χ1n) is 6.74. The highest BCUT2D eigenvalue weighted by Crippen LogP contribution is 2.25. The summed E-state index contributed by atoms with van der Waals surface area (Å²) in [6.07, 6.45) is 2.04. The summed E-state index contributed by atoms with van der Waals surface area (Å²) in [6, 6.07) is 3.23. The smallest absolute Gasteiger partial charge is 0.356 e. The maximum Gasteiger partial charge on any atom is 0.356 e. The molecule has 0 bridgehead atoms. The fourth-order valence-electron chi connectivity index (χ4n) is 1.98. The number of pyridine rings is 1. The summed E-state index contributed by atoms with van der Waals surface area (Å²) < 4.78 is 4.60. The molecule has 0 aliphatic carbocycles. The van der Waals surface area contributed by atoms with Gasteiger partial charge in [0, 0.05) is 18.4 Å². The molecule has 1 aromatic heterocycles. The molecule has 116 valence electrons. The van der Waals surface area contributed by atoms with Gasteiger partial charge in [0.05, 0.1) is 13.0 Å². The number of hydrogen-bond acceptors (Lipinski definition) is 5. The average molecular weight is 294 g/mol. The number of nitrogens with one attached hydrogen (secondary N) is 1. The van der Waals surface area contributed by atoms with Crippen molar-refractivity contribution in [3.8, 4) is 0 Å². The van der Waals surface area contributed by atoms with Crippen LogP contribution in [0.2, 0.25) is 0 Å². The number of carboxylic acids is 1. The predicted octanol–water partition coefficient (Wildman–Crippen LogP) is 2.42. The maximum absolute atomic E-state index is 11.4. The topological polar surface area (TPSA) is 88.5 Å². The minimum atomic E-state index is -0.834.